The first kappa shape index (κ1) is 17.7. The predicted octanol–water partition coefficient (Wildman–Crippen LogP) is 2.36. The van der Waals surface area contributed by atoms with Crippen LogP contribution >= 0.6 is 11.8 Å². The average molecular weight is 353 g/mol. The molecule has 2 aliphatic rings. The van der Waals surface area contributed by atoms with Crippen molar-refractivity contribution in [2.24, 2.45) is 5.92 Å². The Hall–Kier alpha value is -1.11. The summed E-state index contributed by atoms with van der Waals surface area (Å²) in [5, 5.41) is 21.1. The zero-order valence-electron chi connectivity index (χ0n) is 13.7. The summed E-state index contributed by atoms with van der Waals surface area (Å²) in [6.07, 6.45) is 1.78. The molecule has 1 atom stereocenters. The average Bonchev–Trinajstić information content (AvgIpc) is 2.62. The van der Waals surface area contributed by atoms with Crippen LogP contribution in [0.2, 0.25) is 0 Å². The minimum absolute atomic E-state index is 0.0519. The van der Waals surface area contributed by atoms with Crippen molar-refractivity contribution in [3.8, 4) is 0 Å². The maximum absolute atomic E-state index is 13.0. The highest BCUT2D eigenvalue weighted by molar-refractivity contribution is 7.99. The quantitative estimate of drug-likeness (QED) is 0.876. The second kappa shape index (κ2) is 7.42. The standard InChI is InChI=1S/C18H24FNO3S/c19-15-3-1-13(2-4-15)16(21)14-5-9-20(10-6-14)17(22)18(23)7-11-24-12-8-18/h1-4,14,16,21,23H,5-12H2. The third-order valence-corrected chi connectivity index (χ3v) is 6.19. The zero-order chi connectivity index (χ0) is 17.2. The number of hydrogen-bond donors (Lipinski definition) is 2. The van der Waals surface area contributed by atoms with E-state index in [1.54, 1.807) is 28.8 Å². The van der Waals surface area contributed by atoms with Crippen LogP contribution in [-0.2, 0) is 4.79 Å². The second-order valence-corrected chi connectivity index (χ2v) is 7.99. The first-order chi connectivity index (χ1) is 11.5. The molecule has 0 spiro atoms. The molecule has 1 aromatic carbocycles. The van der Waals surface area contributed by atoms with Gasteiger partial charge in [0, 0.05) is 13.1 Å². The number of hydrogen-bond acceptors (Lipinski definition) is 4. The summed E-state index contributed by atoms with van der Waals surface area (Å²) in [5.41, 5.74) is -0.489. The summed E-state index contributed by atoms with van der Waals surface area (Å²) in [5.74, 6) is 1.23. The zero-order valence-corrected chi connectivity index (χ0v) is 14.5. The lowest BCUT2D eigenvalue weighted by atomic mass is 9.86. The van der Waals surface area contributed by atoms with Crippen LogP contribution in [-0.4, -0.2) is 51.2 Å². The molecule has 2 aliphatic heterocycles. The van der Waals surface area contributed by atoms with Crippen molar-refractivity contribution < 1.29 is 19.4 Å². The number of amides is 1. The van der Waals surface area contributed by atoms with Crippen molar-refractivity contribution in [1.82, 2.24) is 4.90 Å². The summed E-state index contributed by atoms with van der Waals surface area (Å²) in [6.45, 7) is 1.11. The Morgan fingerprint density at radius 3 is 2.38 bits per heavy atom. The fraction of sp³-hybridized carbons (Fsp3) is 0.611. The maximum atomic E-state index is 13.0. The highest BCUT2D eigenvalue weighted by atomic mass is 32.2. The molecule has 4 nitrogen and oxygen atoms in total. The van der Waals surface area contributed by atoms with E-state index in [1.807, 2.05) is 0 Å². The number of likely N-dealkylation sites (tertiary alicyclic amines) is 1. The van der Waals surface area contributed by atoms with Gasteiger partial charge >= 0.3 is 0 Å². The van der Waals surface area contributed by atoms with E-state index in [1.165, 1.54) is 12.1 Å². The summed E-state index contributed by atoms with van der Waals surface area (Å²) in [7, 11) is 0. The molecule has 0 bridgehead atoms. The van der Waals surface area contributed by atoms with Gasteiger partial charge in [-0.05, 0) is 60.8 Å². The minimum Gasteiger partial charge on any atom is -0.388 e. The number of piperidine rings is 1. The number of thioether (sulfide) groups is 1. The largest absolute Gasteiger partial charge is 0.388 e. The lowest BCUT2D eigenvalue weighted by molar-refractivity contribution is -0.154. The van der Waals surface area contributed by atoms with Crippen molar-refractivity contribution in [2.45, 2.75) is 37.4 Å². The first-order valence-corrected chi connectivity index (χ1v) is 9.68. The van der Waals surface area contributed by atoms with Gasteiger partial charge in [0.1, 0.15) is 11.4 Å². The van der Waals surface area contributed by atoms with Crippen molar-refractivity contribution in [3.05, 3.63) is 35.6 Å². The lowest BCUT2D eigenvalue weighted by Crippen LogP contribution is -2.53. The van der Waals surface area contributed by atoms with Crippen molar-refractivity contribution in [2.75, 3.05) is 24.6 Å². The number of aliphatic hydroxyl groups excluding tert-OH is 1. The van der Waals surface area contributed by atoms with E-state index in [0.29, 0.717) is 44.3 Å². The second-order valence-electron chi connectivity index (χ2n) is 6.77. The Bertz CT molecular complexity index is 566. The minimum atomic E-state index is -1.20. The Labute approximate surface area is 146 Å². The lowest BCUT2D eigenvalue weighted by Gasteiger charge is -2.40. The number of rotatable bonds is 3. The van der Waals surface area contributed by atoms with Crippen molar-refractivity contribution in [3.63, 3.8) is 0 Å². The van der Waals surface area contributed by atoms with Gasteiger partial charge in [0.2, 0.25) is 0 Å². The van der Waals surface area contributed by atoms with Crippen LogP contribution in [0.25, 0.3) is 0 Å². The van der Waals surface area contributed by atoms with E-state index in [2.05, 4.69) is 0 Å². The third kappa shape index (κ3) is 3.76. The molecule has 0 aromatic heterocycles. The number of carbonyl (C=O) groups excluding carboxylic acids is 1. The smallest absolute Gasteiger partial charge is 0.254 e. The summed E-state index contributed by atoms with van der Waals surface area (Å²) >= 11 is 1.77. The van der Waals surface area contributed by atoms with E-state index in [9.17, 15) is 19.4 Å². The summed E-state index contributed by atoms with van der Waals surface area (Å²) in [6, 6.07) is 5.93. The molecule has 0 saturated carbocycles. The highest BCUT2D eigenvalue weighted by Gasteiger charge is 2.41. The fourth-order valence-corrected chi connectivity index (χ4v) is 4.74. The van der Waals surface area contributed by atoms with Gasteiger partial charge in [-0.2, -0.15) is 11.8 Å². The maximum Gasteiger partial charge on any atom is 0.254 e. The fourth-order valence-electron chi connectivity index (χ4n) is 3.57. The topological polar surface area (TPSA) is 60.8 Å². The Kier molecular flexibility index (Phi) is 5.47. The van der Waals surface area contributed by atoms with Crippen molar-refractivity contribution in [1.29, 1.82) is 0 Å². The molecule has 3 rings (SSSR count). The summed E-state index contributed by atoms with van der Waals surface area (Å²) < 4.78 is 13.0. The van der Waals surface area contributed by atoms with E-state index >= 15 is 0 Å². The van der Waals surface area contributed by atoms with Gasteiger partial charge in [0.25, 0.3) is 5.91 Å². The van der Waals surface area contributed by atoms with Crippen LogP contribution < -0.4 is 0 Å². The van der Waals surface area contributed by atoms with E-state index in [0.717, 1.165) is 11.5 Å². The van der Waals surface area contributed by atoms with E-state index < -0.39 is 11.7 Å². The number of nitrogens with zero attached hydrogens (tertiary/aromatic N) is 1. The first-order valence-electron chi connectivity index (χ1n) is 8.53. The van der Waals surface area contributed by atoms with Crippen molar-refractivity contribution >= 4 is 17.7 Å². The Morgan fingerprint density at radius 2 is 1.79 bits per heavy atom. The molecule has 132 valence electrons. The van der Waals surface area contributed by atoms with E-state index in [4.69, 9.17) is 0 Å². The van der Waals surface area contributed by atoms with Gasteiger partial charge in [-0.3, -0.25) is 4.79 Å². The molecule has 0 radical (unpaired) electrons. The van der Waals surface area contributed by atoms with Crippen LogP contribution in [0.5, 0.6) is 0 Å². The number of carbonyl (C=O) groups is 1. The van der Waals surface area contributed by atoms with Gasteiger partial charge < -0.3 is 15.1 Å². The summed E-state index contributed by atoms with van der Waals surface area (Å²) in [4.78, 5) is 14.4. The highest BCUT2D eigenvalue weighted by Crippen LogP contribution is 2.34. The van der Waals surface area contributed by atoms with Crippen LogP contribution in [0, 0.1) is 11.7 Å². The number of aliphatic hydroxyl groups is 2. The molecule has 2 N–H and O–H groups in total. The van der Waals surface area contributed by atoms with Crippen LogP contribution in [0.1, 0.15) is 37.4 Å². The Balaban J connectivity index is 1.57. The van der Waals surface area contributed by atoms with Gasteiger partial charge in [-0.15, -0.1) is 0 Å². The van der Waals surface area contributed by atoms with Gasteiger partial charge in [0.05, 0.1) is 6.10 Å². The van der Waals surface area contributed by atoms with Gasteiger partial charge in [-0.25, -0.2) is 4.39 Å². The molecule has 2 heterocycles. The Morgan fingerprint density at radius 1 is 1.21 bits per heavy atom. The molecule has 1 amide bonds. The molecule has 2 saturated heterocycles. The number of benzene rings is 1. The third-order valence-electron chi connectivity index (χ3n) is 5.20. The normalized spacial score (nSPS) is 23.0. The van der Waals surface area contributed by atoms with E-state index in [-0.39, 0.29) is 17.6 Å². The van der Waals surface area contributed by atoms with Crippen LogP contribution in [0.3, 0.4) is 0 Å². The van der Waals surface area contributed by atoms with Crippen LogP contribution in [0.4, 0.5) is 4.39 Å². The molecular weight excluding hydrogens is 329 g/mol. The van der Waals surface area contributed by atoms with Crippen LogP contribution in [0.15, 0.2) is 24.3 Å². The monoisotopic (exact) mass is 353 g/mol. The molecule has 6 heteroatoms. The number of halogens is 1. The van der Waals surface area contributed by atoms with Gasteiger partial charge in [-0.1, -0.05) is 12.1 Å². The molecule has 0 aliphatic carbocycles. The molecular formula is C18H24FNO3S. The van der Waals surface area contributed by atoms with Gasteiger partial charge in [0.15, 0.2) is 0 Å². The molecule has 2 fully saturated rings. The molecule has 24 heavy (non-hydrogen) atoms. The predicted molar refractivity (Wildman–Crippen MR) is 92.2 cm³/mol. The SMILES string of the molecule is O=C(N1CCC(C(O)c2ccc(F)cc2)CC1)C1(O)CCSCC1. The molecule has 1 aromatic rings. The molecule has 1 unspecified atom stereocenters.